The molecule has 1 fully saturated rings. The standard InChI is InChI=1S/C16H18N4O6/c1-16(9-3-4-10-11(7-9)26-8-25-10)13(22)20(15(24)19-16)6-5-12(21)18-14(23)17-2/h3-4,7H,5-6,8H2,1-2H3,(H,19,24)(H2,17,18,21,23)/t16-/m0/s1. The minimum atomic E-state index is -1.28. The van der Waals surface area contributed by atoms with Crippen LogP contribution in [0.4, 0.5) is 9.59 Å². The number of nitrogens with zero attached hydrogens (tertiary/aromatic N) is 1. The molecule has 0 saturated carbocycles. The Hall–Kier alpha value is -3.30. The van der Waals surface area contributed by atoms with Crippen molar-refractivity contribution in [2.45, 2.75) is 18.9 Å². The van der Waals surface area contributed by atoms with Gasteiger partial charge in [-0.1, -0.05) is 6.07 Å². The quantitative estimate of drug-likeness (QED) is 0.649. The van der Waals surface area contributed by atoms with E-state index >= 15 is 0 Å². The number of ether oxygens (including phenoxy) is 2. The van der Waals surface area contributed by atoms with E-state index in [1.54, 1.807) is 25.1 Å². The number of imide groups is 2. The molecular weight excluding hydrogens is 344 g/mol. The van der Waals surface area contributed by atoms with Crippen molar-refractivity contribution in [3.05, 3.63) is 23.8 Å². The van der Waals surface area contributed by atoms with E-state index in [-0.39, 0.29) is 19.8 Å². The maximum Gasteiger partial charge on any atom is 0.325 e. The van der Waals surface area contributed by atoms with Crippen molar-refractivity contribution in [3.63, 3.8) is 0 Å². The fourth-order valence-corrected chi connectivity index (χ4v) is 2.77. The van der Waals surface area contributed by atoms with Crippen molar-refractivity contribution < 1.29 is 28.7 Å². The zero-order valence-electron chi connectivity index (χ0n) is 14.3. The molecule has 0 unspecified atom stereocenters. The van der Waals surface area contributed by atoms with Gasteiger partial charge in [0.05, 0.1) is 0 Å². The summed E-state index contributed by atoms with van der Waals surface area (Å²) in [5, 5.41) is 6.96. The summed E-state index contributed by atoms with van der Waals surface area (Å²) in [7, 11) is 1.37. The molecule has 0 aromatic heterocycles. The molecule has 1 aromatic carbocycles. The van der Waals surface area contributed by atoms with Gasteiger partial charge in [0.25, 0.3) is 5.91 Å². The first-order valence-corrected chi connectivity index (χ1v) is 7.91. The van der Waals surface area contributed by atoms with Crippen LogP contribution < -0.4 is 25.4 Å². The molecular formula is C16H18N4O6. The van der Waals surface area contributed by atoms with Crippen LogP contribution in [0.15, 0.2) is 18.2 Å². The Balaban J connectivity index is 1.72. The van der Waals surface area contributed by atoms with Gasteiger partial charge in [0, 0.05) is 20.0 Å². The summed E-state index contributed by atoms with van der Waals surface area (Å²) in [6.45, 7) is 1.53. The number of fused-ring (bicyclic) bond motifs is 1. The molecule has 0 bridgehead atoms. The van der Waals surface area contributed by atoms with Crippen LogP contribution in [0.1, 0.15) is 18.9 Å². The van der Waals surface area contributed by atoms with E-state index < -0.39 is 29.4 Å². The van der Waals surface area contributed by atoms with E-state index in [1.807, 2.05) is 0 Å². The van der Waals surface area contributed by atoms with E-state index in [0.717, 1.165) is 4.90 Å². The predicted molar refractivity (Wildman–Crippen MR) is 87.4 cm³/mol. The van der Waals surface area contributed by atoms with Crippen LogP contribution in [0.2, 0.25) is 0 Å². The van der Waals surface area contributed by atoms with Gasteiger partial charge in [-0.2, -0.15) is 0 Å². The predicted octanol–water partition coefficient (Wildman–Crippen LogP) is 0.0280. The molecule has 0 radical (unpaired) electrons. The first-order chi connectivity index (χ1) is 12.3. The summed E-state index contributed by atoms with van der Waals surface area (Å²) in [5.74, 6) is -0.0261. The fraction of sp³-hybridized carbons (Fsp3) is 0.375. The Kier molecular flexibility index (Phi) is 4.41. The lowest BCUT2D eigenvalue weighted by Crippen LogP contribution is -2.42. The molecule has 1 saturated heterocycles. The second-order valence-electron chi connectivity index (χ2n) is 5.96. The Labute approximate surface area is 148 Å². The monoisotopic (exact) mass is 362 g/mol. The summed E-state index contributed by atoms with van der Waals surface area (Å²) in [4.78, 5) is 48.7. The number of hydrogen-bond donors (Lipinski definition) is 3. The first kappa shape index (κ1) is 17.5. The Bertz CT molecular complexity index is 795. The second-order valence-corrected chi connectivity index (χ2v) is 5.96. The summed E-state index contributed by atoms with van der Waals surface area (Å²) >= 11 is 0. The molecule has 6 amide bonds. The smallest absolute Gasteiger partial charge is 0.325 e. The Morgan fingerprint density at radius 1 is 1.27 bits per heavy atom. The molecule has 1 aromatic rings. The Morgan fingerprint density at radius 2 is 2.00 bits per heavy atom. The summed E-state index contributed by atoms with van der Waals surface area (Å²) < 4.78 is 10.6. The van der Waals surface area contributed by atoms with Crippen LogP contribution in [-0.4, -0.2) is 49.2 Å². The highest BCUT2D eigenvalue weighted by Crippen LogP contribution is 2.37. The van der Waals surface area contributed by atoms with Crippen LogP contribution in [0.5, 0.6) is 11.5 Å². The third-order valence-corrected chi connectivity index (χ3v) is 4.27. The second kappa shape index (κ2) is 6.54. The van der Waals surface area contributed by atoms with Gasteiger partial charge in [0.1, 0.15) is 5.54 Å². The number of benzene rings is 1. The lowest BCUT2D eigenvalue weighted by molar-refractivity contribution is -0.131. The maximum absolute atomic E-state index is 12.8. The van der Waals surface area contributed by atoms with Crippen LogP contribution in [0, 0.1) is 0 Å². The molecule has 1 atom stereocenters. The average Bonchev–Trinajstić information content (AvgIpc) is 3.16. The largest absolute Gasteiger partial charge is 0.454 e. The number of amides is 6. The van der Waals surface area contributed by atoms with Gasteiger partial charge in [-0.25, -0.2) is 9.59 Å². The molecule has 2 aliphatic rings. The van der Waals surface area contributed by atoms with Crippen molar-refractivity contribution in [1.82, 2.24) is 20.9 Å². The third kappa shape index (κ3) is 3.01. The molecule has 26 heavy (non-hydrogen) atoms. The normalized spacial score (nSPS) is 20.8. The lowest BCUT2D eigenvalue weighted by atomic mass is 9.91. The molecule has 2 heterocycles. The maximum atomic E-state index is 12.8. The van der Waals surface area contributed by atoms with Gasteiger partial charge in [0.2, 0.25) is 12.7 Å². The number of hydrogen-bond acceptors (Lipinski definition) is 6. The number of urea groups is 2. The molecule has 0 aliphatic carbocycles. The van der Waals surface area contributed by atoms with E-state index in [9.17, 15) is 19.2 Å². The van der Waals surface area contributed by atoms with Gasteiger partial charge in [-0.15, -0.1) is 0 Å². The topological polar surface area (TPSA) is 126 Å². The highest BCUT2D eigenvalue weighted by molar-refractivity contribution is 6.07. The minimum absolute atomic E-state index is 0.0996. The average molecular weight is 362 g/mol. The van der Waals surface area contributed by atoms with Crippen molar-refractivity contribution in [2.24, 2.45) is 0 Å². The van der Waals surface area contributed by atoms with Gasteiger partial charge in [-0.3, -0.25) is 19.8 Å². The van der Waals surface area contributed by atoms with Gasteiger partial charge < -0.3 is 20.1 Å². The van der Waals surface area contributed by atoms with Gasteiger partial charge >= 0.3 is 12.1 Å². The molecule has 10 nitrogen and oxygen atoms in total. The van der Waals surface area contributed by atoms with Crippen LogP contribution >= 0.6 is 0 Å². The number of nitrogens with one attached hydrogen (secondary N) is 3. The highest BCUT2D eigenvalue weighted by atomic mass is 16.7. The lowest BCUT2D eigenvalue weighted by Gasteiger charge is -2.22. The molecule has 10 heteroatoms. The molecule has 2 aliphatic heterocycles. The number of rotatable bonds is 4. The van der Waals surface area contributed by atoms with Crippen LogP contribution in [-0.2, 0) is 15.1 Å². The third-order valence-electron chi connectivity index (χ3n) is 4.27. The highest BCUT2D eigenvalue weighted by Gasteiger charge is 2.49. The van der Waals surface area contributed by atoms with Gasteiger partial charge in [-0.05, 0) is 24.6 Å². The SMILES string of the molecule is CNC(=O)NC(=O)CCN1C(=O)N[C@@](C)(c2ccc3c(c2)OCO3)C1=O. The molecule has 3 rings (SSSR count). The summed E-state index contributed by atoms with van der Waals surface area (Å²) in [5.41, 5.74) is -0.743. The van der Waals surface area contributed by atoms with E-state index in [4.69, 9.17) is 9.47 Å². The zero-order valence-corrected chi connectivity index (χ0v) is 14.3. The van der Waals surface area contributed by atoms with E-state index in [1.165, 1.54) is 7.05 Å². The molecule has 0 spiro atoms. The molecule has 3 N–H and O–H groups in total. The van der Waals surface area contributed by atoms with Crippen LogP contribution in [0.3, 0.4) is 0 Å². The Morgan fingerprint density at radius 3 is 2.73 bits per heavy atom. The van der Waals surface area contributed by atoms with Crippen molar-refractivity contribution >= 4 is 23.9 Å². The summed E-state index contributed by atoms with van der Waals surface area (Å²) in [6.07, 6.45) is -0.191. The number of carbonyl (C=O) groups excluding carboxylic acids is 4. The van der Waals surface area contributed by atoms with E-state index in [0.29, 0.717) is 17.1 Å². The zero-order chi connectivity index (χ0) is 18.9. The number of carbonyl (C=O) groups is 4. The molecule has 138 valence electrons. The van der Waals surface area contributed by atoms with Crippen LogP contribution in [0.25, 0.3) is 0 Å². The minimum Gasteiger partial charge on any atom is -0.454 e. The summed E-state index contributed by atoms with van der Waals surface area (Å²) in [6, 6.07) is 3.72. The van der Waals surface area contributed by atoms with Crippen molar-refractivity contribution in [3.8, 4) is 11.5 Å². The fourth-order valence-electron chi connectivity index (χ4n) is 2.77. The first-order valence-electron chi connectivity index (χ1n) is 7.91. The van der Waals surface area contributed by atoms with E-state index in [2.05, 4.69) is 16.0 Å². The van der Waals surface area contributed by atoms with Crippen molar-refractivity contribution in [1.29, 1.82) is 0 Å². The van der Waals surface area contributed by atoms with Crippen molar-refractivity contribution in [2.75, 3.05) is 20.4 Å². The van der Waals surface area contributed by atoms with Gasteiger partial charge in [0.15, 0.2) is 11.5 Å².